The molecule has 29 heavy (non-hydrogen) atoms. The molecule has 152 valence electrons. The minimum absolute atomic E-state index is 0.0356. The number of nitrogens with zero attached hydrogens (tertiary/aromatic N) is 1. The van der Waals surface area contributed by atoms with Crippen LogP contribution >= 0.6 is 0 Å². The Balaban J connectivity index is 1.78. The molecule has 0 fully saturated rings. The molecule has 0 bridgehead atoms. The molecule has 0 unspecified atom stereocenters. The summed E-state index contributed by atoms with van der Waals surface area (Å²) in [6.45, 7) is 10.2. The molecular weight excluding hydrogens is 368 g/mol. The summed E-state index contributed by atoms with van der Waals surface area (Å²) in [5, 5.41) is 3.01. The van der Waals surface area contributed by atoms with Crippen molar-refractivity contribution in [3.63, 3.8) is 0 Å². The topological polar surface area (TPSA) is 81.2 Å². The third-order valence-electron chi connectivity index (χ3n) is 5.11. The molecule has 0 saturated heterocycles. The molecule has 1 aromatic heterocycles. The van der Waals surface area contributed by atoms with E-state index in [0.717, 1.165) is 21.4 Å². The van der Waals surface area contributed by atoms with E-state index < -0.39 is 17.1 Å². The van der Waals surface area contributed by atoms with Crippen molar-refractivity contribution in [3.05, 3.63) is 79.4 Å². The Kier molecular flexibility index (Phi) is 5.46. The van der Waals surface area contributed by atoms with E-state index in [4.69, 9.17) is 4.74 Å². The number of hydrogen-bond acceptors (Lipinski definition) is 4. The largest absolute Gasteiger partial charge is 0.459 e. The molecule has 3 aromatic rings. The van der Waals surface area contributed by atoms with E-state index in [1.165, 1.54) is 5.56 Å². The van der Waals surface area contributed by atoms with Crippen molar-refractivity contribution < 1.29 is 9.53 Å². The molecule has 1 heterocycles. The van der Waals surface area contributed by atoms with Gasteiger partial charge in [-0.2, -0.15) is 0 Å². The Morgan fingerprint density at radius 2 is 1.62 bits per heavy atom. The molecule has 0 aliphatic carbocycles. The van der Waals surface area contributed by atoms with Crippen LogP contribution in [0.3, 0.4) is 0 Å². The first-order valence-corrected chi connectivity index (χ1v) is 9.56. The van der Waals surface area contributed by atoms with E-state index in [-0.39, 0.29) is 24.0 Å². The highest BCUT2D eigenvalue weighted by molar-refractivity contribution is 5.80. The minimum atomic E-state index is -0.586. The fourth-order valence-corrected chi connectivity index (χ4v) is 3.34. The highest BCUT2D eigenvalue weighted by atomic mass is 16.5. The fourth-order valence-electron chi connectivity index (χ4n) is 3.34. The molecule has 6 nitrogen and oxygen atoms in total. The number of carbonyl (C=O) groups is 1. The fraction of sp³-hybridized carbons (Fsp3) is 0.348. The van der Waals surface area contributed by atoms with Gasteiger partial charge in [0.15, 0.2) is 0 Å². The zero-order valence-electron chi connectivity index (χ0n) is 17.5. The lowest BCUT2D eigenvalue weighted by Gasteiger charge is -2.22. The molecule has 0 spiro atoms. The quantitative estimate of drug-likeness (QED) is 0.688. The van der Waals surface area contributed by atoms with Crippen LogP contribution in [-0.4, -0.2) is 15.7 Å². The van der Waals surface area contributed by atoms with Gasteiger partial charge in [0.2, 0.25) is 0 Å². The summed E-state index contributed by atoms with van der Waals surface area (Å²) in [4.78, 5) is 37.0. The zero-order valence-corrected chi connectivity index (χ0v) is 17.5. The van der Waals surface area contributed by atoms with Crippen molar-refractivity contribution in [1.29, 1.82) is 0 Å². The standard InChI is InChI=1S/C23H26N2O4/c1-14-10-16(23(3,4)5)11-15(2)19(14)13-29-20(26)12-25-22(28)18-9-7-6-8-17(18)21(27)24-25/h6-11H,12-13H2,1-5H3,(H,24,27). The smallest absolute Gasteiger partial charge is 0.328 e. The molecule has 3 rings (SSSR count). The third kappa shape index (κ3) is 4.31. The van der Waals surface area contributed by atoms with Crippen molar-refractivity contribution in [2.24, 2.45) is 0 Å². The van der Waals surface area contributed by atoms with Crippen LogP contribution in [0.5, 0.6) is 0 Å². The monoisotopic (exact) mass is 394 g/mol. The third-order valence-corrected chi connectivity index (χ3v) is 5.11. The van der Waals surface area contributed by atoms with Crippen LogP contribution in [0.4, 0.5) is 0 Å². The lowest BCUT2D eigenvalue weighted by Crippen LogP contribution is -2.32. The second-order valence-corrected chi connectivity index (χ2v) is 8.38. The Morgan fingerprint density at radius 1 is 1.03 bits per heavy atom. The van der Waals surface area contributed by atoms with Gasteiger partial charge < -0.3 is 4.74 Å². The average molecular weight is 394 g/mol. The lowest BCUT2D eigenvalue weighted by atomic mass is 9.84. The maximum Gasteiger partial charge on any atom is 0.328 e. The van der Waals surface area contributed by atoms with Gasteiger partial charge in [-0.05, 0) is 53.6 Å². The summed E-state index contributed by atoms with van der Waals surface area (Å²) in [7, 11) is 0. The summed E-state index contributed by atoms with van der Waals surface area (Å²) in [5.74, 6) is -0.586. The number of ether oxygens (including phenoxy) is 1. The van der Waals surface area contributed by atoms with E-state index in [2.05, 4.69) is 38.0 Å². The summed E-state index contributed by atoms with van der Waals surface area (Å²) in [6, 6.07) is 10.7. The van der Waals surface area contributed by atoms with Crippen molar-refractivity contribution in [2.75, 3.05) is 0 Å². The van der Waals surface area contributed by atoms with Gasteiger partial charge in [-0.1, -0.05) is 45.0 Å². The SMILES string of the molecule is Cc1cc(C(C)(C)C)cc(C)c1COC(=O)Cn1[nH]c(=O)c2ccccc2c1=O. The van der Waals surface area contributed by atoms with Gasteiger partial charge in [0.1, 0.15) is 13.2 Å². The number of nitrogens with one attached hydrogen (secondary N) is 1. The van der Waals surface area contributed by atoms with Gasteiger partial charge >= 0.3 is 5.97 Å². The molecule has 2 aromatic carbocycles. The first-order valence-electron chi connectivity index (χ1n) is 9.56. The highest BCUT2D eigenvalue weighted by Gasteiger charge is 2.17. The molecule has 0 atom stereocenters. The van der Waals surface area contributed by atoms with Crippen molar-refractivity contribution in [3.8, 4) is 0 Å². The Hall–Kier alpha value is -3.15. The van der Waals surface area contributed by atoms with Crippen LogP contribution in [0, 0.1) is 13.8 Å². The number of H-pyrrole nitrogens is 1. The highest BCUT2D eigenvalue weighted by Crippen LogP contribution is 2.27. The number of rotatable bonds is 4. The van der Waals surface area contributed by atoms with Crippen molar-refractivity contribution >= 4 is 16.7 Å². The number of benzene rings is 2. The maximum atomic E-state index is 12.5. The molecule has 0 amide bonds. The minimum Gasteiger partial charge on any atom is -0.459 e. The molecule has 0 radical (unpaired) electrons. The van der Waals surface area contributed by atoms with Gasteiger partial charge in [0.05, 0.1) is 10.8 Å². The number of fused-ring (bicyclic) bond motifs is 1. The zero-order chi connectivity index (χ0) is 21.3. The molecule has 0 saturated carbocycles. The number of aromatic nitrogens is 2. The van der Waals surface area contributed by atoms with Gasteiger partial charge in [0, 0.05) is 0 Å². The summed E-state index contributed by atoms with van der Waals surface area (Å²) in [6.07, 6.45) is 0. The van der Waals surface area contributed by atoms with Crippen molar-refractivity contribution in [2.45, 2.75) is 53.2 Å². The van der Waals surface area contributed by atoms with Gasteiger partial charge in [0.25, 0.3) is 11.1 Å². The number of aromatic amines is 1. The van der Waals surface area contributed by atoms with Crippen LogP contribution < -0.4 is 11.1 Å². The van der Waals surface area contributed by atoms with Crippen LogP contribution in [0.15, 0.2) is 46.0 Å². The molecule has 1 N–H and O–H groups in total. The molecule has 0 aliphatic heterocycles. The number of esters is 1. The predicted molar refractivity (Wildman–Crippen MR) is 113 cm³/mol. The van der Waals surface area contributed by atoms with Crippen LogP contribution in [-0.2, 0) is 28.1 Å². The van der Waals surface area contributed by atoms with Gasteiger partial charge in [-0.3, -0.25) is 19.5 Å². The lowest BCUT2D eigenvalue weighted by molar-refractivity contribution is -0.146. The summed E-state index contributed by atoms with van der Waals surface area (Å²) in [5.41, 5.74) is 3.47. The van der Waals surface area contributed by atoms with E-state index in [1.807, 2.05) is 13.8 Å². The molecular formula is C23H26N2O4. The molecule has 0 aliphatic rings. The van der Waals surface area contributed by atoms with Crippen molar-refractivity contribution in [1.82, 2.24) is 9.78 Å². The van der Waals surface area contributed by atoms with Crippen LogP contribution in [0.1, 0.15) is 43.0 Å². The van der Waals surface area contributed by atoms with E-state index in [9.17, 15) is 14.4 Å². The van der Waals surface area contributed by atoms with Gasteiger partial charge in [-0.15, -0.1) is 0 Å². The first kappa shape index (κ1) is 20.6. The Morgan fingerprint density at radius 3 is 2.21 bits per heavy atom. The maximum absolute atomic E-state index is 12.5. The summed E-state index contributed by atoms with van der Waals surface area (Å²) >= 11 is 0. The second-order valence-electron chi connectivity index (χ2n) is 8.38. The predicted octanol–water partition coefficient (Wildman–Crippen LogP) is 3.35. The molecule has 6 heteroatoms. The number of carbonyl (C=O) groups excluding carboxylic acids is 1. The normalized spacial score (nSPS) is 11.6. The number of aryl methyl sites for hydroxylation is 2. The average Bonchev–Trinajstić information content (AvgIpc) is 2.64. The Bertz CT molecular complexity index is 1170. The van der Waals surface area contributed by atoms with Crippen LogP contribution in [0.25, 0.3) is 10.8 Å². The second kappa shape index (κ2) is 7.70. The van der Waals surface area contributed by atoms with Crippen LogP contribution in [0.2, 0.25) is 0 Å². The van der Waals surface area contributed by atoms with E-state index >= 15 is 0 Å². The Labute approximate surface area is 169 Å². The first-order chi connectivity index (χ1) is 13.6. The number of hydrogen-bond donors (Lipinski definition) is 1. The van der Waals surface area contributed by atoms with Gasteiger partial charge in [-0.25, -0.2) is 4.68 Å². The van der Waals surface area contributed by atoms with E-state index in [0.29, 0.717) is 5.39 Å². The summed E-state index contributed by atoms with van der Waals surface area (Å²) < 4.78 is 6.40. The van der Waals surface area contributed by atoms with E-state index in [1.54, 1.807) is 24.3 Å².